The summed E-state index contributed by atoms with van der Waals surface area (Å²) >= 11 is 0. The standard InChI is InChI=1S/C8H16N4O2S/c1-7(9)3-2-4-12-15(13,14)8-5-10-11-6-8/h5-7,12H,2-4,9H2,1H3,(H,10,11). The lowest BCUT2D eigenvalue weighted by molar-refractivity contribution is 0.568. The molecule has 7 heteroatoms. The second-order valence-corrected chi connectivity index (χ2v) is 5.22. The minimum atomic E-state index is -3.40. The molecule has 1 aromatic heterocycles. The Morgan fingerprint density at radius 3 is 2.93 bits per heavy atom. The summed E-state index contributed by atoms with van der Waals surface area (Å²) in [4.78, 5) is 0.156. The average Bonchev–Trinajstić information content (AvgIpc) is 2.65. The van der Waals surface area contributed by atoms with Crippen molar-refractivity contribution in [3.8, 4) is 0 Å². The van der Waals surface area contributed by atoms with Gasteiger partial charge in [0, 0.05) is 18.8 Å². The Bertz CT molecular complexity index is 371. The highest BCUT2D eigenvalue weighted by molar-refractivity contribution is 7.89. The maximum atomic E-state index is 11.5. The van der Waals surface area contributed by atoms with Crippen molar-refractivity contribution in [2.75, 3.05) is 6.54 Å². The number of nitrogens with two attached hydrogens (primary N) is 1. The van der Waals surface area contributed by atoms with Crippen LogP contribution in [0.2, 0.25) is 0 Å². The van der Waals surface area contributed by atoms with E-state index in [1.807, 2.05) is 6.92 Å². The van der Waals surface area contributed by atoms with E-state index in [1.54, 1.807) is 0 Å². The molecule has 1 rings (SSSR count). The van der Waals surface area contributed by atoms with Gasteiger partial charge < -0.3 is 5.73 Å². The smallest absolute Gasteiger partial charge is 0.243 e. The molecule has 86 valence electrons. The van der Waals surface area contributed by atoms with Gasteiger partial charge in [-0.05, 0) is 19.8 Å². The van der Waals surface area contributed by atoms with Crippen LogP contribution in [0.1, 0.15) is 19.8 Å². The molecule has 0 aliphatic rings. The summed E-state index contributed by atoms with van der Waals surface area (Å²) in [7, 11) is -3.40. The number of hydrogen-bond acceptors (Lipinski definition) is 4. The molecular formula is C8H16N4O2S. The molecule has 0 spiro atoms. The van der Waals surface area contributed by atoms with Crippen molar-refractivity contribution in [2.24, 2.45) is 5.73 Å². The van der Waals surface area contributed by atoms with Crippen molar-refractivity contribution in [1.29, 1.82) is 0 Å². The minimum Gasteiger partial charge on any atom is -0.328 e. The average molecular weight is 232 g/mol. The number of H-pyrrole nitrogens is 1. The van der Waals surface area contributed by atoms with Crippen molar-refractivity contribution in [3.05, 3.63) is 12.4 Å². The molecule has 0 saturated carbocycles. The first-order chi connectivity index (χ1) is 7.02. The fourth-order valence-electron chi connectivity index (χ4n) is 1.10. The van der Waals surface area contributed by atoms with Gasteiger partial charge in [0.2, 0.25) is 10.0 Å². The first-order valence-corrected chi connectivity index (χ1v) is 6.25. The lowest BCUT2D eigenvalue weighted by Gasteiger charge is -2.06. The van der Waals surface area contributed by atoms with Gasteiger partial charge in [-0.3, -0.25) is 5.10 Å². The fraction of sp³-hybridized carbons (Fsp3) is 0.625. The fourth-order valence-corrected chi connectivity index (χ4v) is 2.08. The number of nitrogens with one attached hydrogen (secondary N) is 2. The Morgan fingerprint density at radius 1 is 1.67 bits per heavy atom. The zero-order chi connectivity index (χ0) is 11.3. The van der Waals surface area contributed by atoms with Crippen molar-refractivity contribution in [1.82, 2.24) is 14.9 Å². The molecule has 1 atom stereocenters. The van der Waals surface area contributed by atoms with E-state index in [1.165, 1.54) is 12.4 Å². The molecule has 0 amide bonds. The molecular weight excluding hydrogens is 216 g/mol. The highest BCUT2D eigenvalue weighted by Gasteiger charge is 2.13. The molecule has 6 nitrogen and oxygen atoms in total. The highest BCUT2D eigenvalue weighted by Crippen LogP contribution is 2.04. The quantitative estimate of drug-likeness (QED) is 0.592. The van der Waals surface area contributed by atoms with E-state index in [-0.39, 0.29) is 10.9 Å². The van der Waals surface area contributed by atoms with Crippen LogP contribution in [0.25, 0.3) is 0 Å². The van der Waals surface area contributed by atoms with Crippen LogP contribution in [0.4, 0.5) is 0 Å². The third-order valence-corrected chi connectivity index (χ3v) is 3.34. The van der Waals surface area contributed by atoms with Gasteiger partial charge in [-0.25, -0.2) is 13.1 Å². The Kier molecular flexibility index (Phi) is 4.25. The van der Waals surface area contributed by atoms with Gasteiger partial charge in [0.15, 0.2) is 0 Å². The zero-order valence-corrected chi connectivity index (χ0v) is 9.42. The van der Waals surface area contributed by atoms with Crippen LogP contribution in [0.15, 0.2) is 17.3 Å². The van der Waals surface area contributed by atoms with E-state index in [0.29, 0.717) is 6.54 Å². The molecule has 1 heterocycles. The maximum absolute atomic E-state index is 11.5. The summed E-state index contributed by atoms with van der Waals surface area (Å²) in [5.41, 5.74) is 5.54. The van der Waals surface area contributed by atoms with Gasteiger partial charge in [-0.2, -0.15) is 5.10 Å². The Balaban J connectivity index is 2.39. The summed E-state index contributed by atoms with van der Waals surface area (Å²) in [6.45, 7) is 2.29. The molecule has 0 aromatic carbocycles. The topological polar surface area (TPSA) is 101 Å². The number of aromatic nitrogens is 2. The normalized spacial score (nSPS) is 14.0. The monoisotopic (exact) mass is 232 g/mol. The van der Waals surface area contributed by atoms with Crippen molar-refractivity contribution >= 4 is 10.0 Å². The van der Waals surface area contributed by atoms with Gasteiger partial charge >= 0.3 is 0 Å². The number of aromatic amines is 1. The second-order valence-electron chi connectivity index (χ2n) is 3.45. The van der Waals surface area contributed by atoms with E-state index in [2.05, 4.69) is 14.9 Å². The van der Waals surface area contributed by atoms with Gasteiger partial charge in [0.25, 0.3) is 0 Å². The number of hydrogen-bond donors (Lipinski definition) is 3. The molecule has 0 radical (unpaired) electrons. The van der Waals surface area contributed by atoms with Gasteiger partial charge in [0.05, 0.1) is 6.20 Å². The SMILES string of the molecule is CC(N)CCCNS(=O)(=O)c1cn[nH]c1. The number of sulfonamides is 1. The van der Waals surface area contributed by atoms with E-state index in [9.17, 15) is 8.42 Å². The Morgan fingerprint density at radius 2 is 2.40 bits per heavy atom. The summed E-state index contributed by atoms with van der Waals surface area (Å²) in [5, 5.41) is 6.04. The van der Waals surface area contributed by atoms with E-state index in [0.717, 1.165) is 12.8 Å². The summed E-state index contributed by atoms with van der Waals surface area (Å²) in [6.07, 6.45) is 4.14. The third kappa shape index (κ3) is 3.98. The van der Waals surface area contributed by atoms with Crippen molar-refractivity contribution in [2.45, 2.75) is 30.7 Å². The van der Waals surface area contributed by atoms with Gasteiger partial charge in [-0.15, -0.1) is 0 Å². The summed E-state index contributed by atoms with van der Waals surface area (Å²) < 4.78 is 25.5. The molecule has 0 saturated heterocycles. The molecule has 0 aliphatic heterocycles. The molecule has 1 unspecified atom stereocenters. The first-order valence-electron chi connectivity index (χ1n) is 4.76. The Hall–Kier alpha value is -0.920. The van der Waals surface area contributed by atoms with Gasteiger partial charge in [0.1, 0.15) is 4.90 Å². The Labute approximate surface area is 89.3 Å². The molecule has 1 aromatic rings. The van der Waals surface area contributed by atoms with E-state index >= 15 is 0 Å². The molecule has 15 heavy (non-hydrogen) atoms. The minimum absolute atomic E-state index is 0.100. The predicted molar refractivity (Wildman–Crippen MR) is 56.7 cm³/mol. The van der Waals surface area contributed by atoms with Crippen LogP contribution in [-0.4, -0.2) is 31.2 Å². The van der Waals surface area contributed by atoms with Gasteiger partial charge in [-0.1, -0.05) is 0 Å². The zero-order valence-electron chi connectivity index (χ0n) is 8.60. The summed E-state index contributed by atoms with van der Waals surface area (Å²) in [5.74, 6) is 0. The van der Waals surface area contributed by atoms with Crippen LogP contribution >= 0.6 is 0 Å². The first kappa shape index (κ1) is 12.2. The molecule has 0 fully saturated rings. The van der Waals surface area contributed by atoms with Crippen LogP contribution < -0.4 is 10.5 Å². The lowest BCUT2D eigenvalue weighted by atomic mass is 10.2. The third-order valence-electron chi connectivity index (χ3n) is 1.91. The number of rotatable bonds is 6. The van der Waals surface area contributed by atoms with E-state index in [4.69, 9.17) is 5.73 Å². The second kappa shape index (κ2) is 5.24. The van der Waals surface area contributed by atoms with Crippen LogP contribution in [-0.2, 0) is 10.0 Å². The summed E-state index contributed by atoms with van der Waals surface area (Å²) in [6, 6.07) is 0.100. The lowest BCUT2D eigenvalue weighted by Crippen LogP contribution is -2.26. The van der Waals surface area contributed by atoms with Crippen molar-refractivity contribution in [3.63, 3.8) is 0 Å². The van der Waals surface area contributed by atoms with Crippen LogP contribution in [0.5, 0.6) is 0 Å². The van der Waals surface area contributed by atoms with E-state index < -0.39 is 10.0 Å². The van der Waals surface area contributed by atoms with Crippen LogP contribution in [0.3, 0.4) is 0 Å². The molecule has 0 bridgehead atoms. The van der Waals surface area contributed by atoms with Crippen molar-refractivity contribution < 1.29 is 8.42 Å². The van der Waals surface area contributed by atoms with Crippen LogP contribution in [0, 0.1) is 0 Å². The molecule has 4 N–H and O–H groups in total. The largest absolute Gasteiger partial charge is 0.328 e. The maximum Gasteiger partial charge on any atom is 0.243 e. The highest BCUT2D eigenvalue weighted by atomic mass is 32.2. The number of nitrogens with zero attached hydrogens (tertiary/aromatic N) is 1. The molecule has 0 aliphatic carbocycles. The predicted octanol–water partition coefficient (Wildman–Crippen LogP) is -0.185.